The highest BCUT2D eigenvalue weighted by molar-refractivity contribution is 5.22. The molecular weight excluding hydrogens is 248 g/mol. The van der Waals surface area contributed by atoms with Crippen molar-refractivity contribution in [3.8, 4) is 0 Å². The first-order valence-corrected chi connectivity index (χ1v) is 7.81. The number of nitrogens with one attached hydrogen (secondary N) is 1. The second-order valence-corrected chi connectivity index (χ2v) is 5.83. The van der Waals surface area contributed by atoms with Gasteiger partial charge in [0.15, 0.2) is 0 Å². The first kappa shape index (κ1) is 15.5. The van der Waals surface area contributed by atoms with Crippen LogP contribution in [0.15, 0.2) is 24.3 Å². The van der Waals surface area contributed by atoms with Crippen molar-refractivity contribution in [3.05, 3.63) is 35.4 Å². The molecule has 2 rings (SSSR count). The number of ether oxygens (including phenoxy) is 1. The maximum atomic E-state index is 5.18. The van der Waals surface area contributed by atoms with Gasteiger partial charge < -0.3 is 10.1 Å². The van der Waals surface area contributed by atoms with Gasteiger partial charge in [0.05, 0.1) is 6.61 Å². The fourth-order valence-electron chi connectivity index (χ4n) is 2.91. The van der Waals surface area contributed by atoms with Crippen molar-refractivity contribution in [1.82, 2.24) is 10.2 Å². The highest BCUT2D eigenvalue weighted by Crippen LogP contribution is 2.12. The van der Waals surface area contributed by atoms with E-state index >= 15 is 0 Å². The van der Waals surface area contributed by atoms with Crippen LogP contribution in [0.5, 0.6) is 0 Å². The number of benzene rings is 1. The molecule has 1 aliphatic rings. The normalized spacial score (nSPS) is 18.1. The first-order chi connectivity index (χ1) is 9.79. The van der Waals surface area contributed by atoms with Crippen LogP contribution in [0, 0.1) is 0 Å². The number of methoxy groups -OCH3 is 1. The Kier molecular flexibility index (Phi) is 6.51. The molecule has 3 heteroatoms. The number of likely N-dealkylation sites (tertiary alicyclic amines) is 1. The average molecular weight is 276 g/mol. The third kappa shape index (κ3) is 4.89. The minimum Gasteiger partial charge on any atom is -0.380 e. The van der Waals surface area contributed by atoms with E-state index in [2.05, 4.69) is 41.4 Å². The van der Waals surface area contributed by atoms with Gasteiger partial charge in [-0.3, -0.25) is 4.90 Å². The fraction of sp³-hybridized carbons (Fsp3) is 0.647. The summed E-state index contributed by atoms with van der Waals surface area (Å²) in [6.45, 7) is 7.57. The number of nitrogens with zero attached hydrogens (tertiary/aromatic N) is 1. The van der Waals surface area contributed by atoms with E-state index in [4.69, 9.17) is 4.74 Å². The second-order valence-electron chi connectivity index (χ2n) is 5.83. The Morgan fingerprint density at radius 2 is 1.95 bits per heavy atom. The van der Waals surface area contributed by atoms with Gasteiger partial charge in [0, 0.05) is 26.2 Å². The lowest BCUT2D eigenvalue weighted by molar-refractivity contribution is 0.170. The lowest BCUT2D eigenvalue weighted by atomic mass is 10.1. The van der Waals surface area contributed by atoms with Gasteiger partial charge >= 0.3 is 0 Å². The van der Waals surface area contributed by atoms with Crippen LogP contribution >= 0.6 is 0 Å². The number of hydrogen-bond acceptors (Lipinski definition) is 3. The van der Waals surface area contributed by atoms with E-state index < -0.39 is 0 Å². The third-order valence-electron chi connectivity index (χ3n) is 4.09. The standard InChI is InChI=1S/C17H28N2O/c1-15(19-9-4-3-5-10-19)12-18-13-16-7-6-8-17(11-16)14-20-2/h6-8,11,15,18H,3-5,9-10,12-14H2,1-2H3. The van der Waals surface area contributed by atoms with Crippen molar-refractivity contribution >= 4 is 0 Å². The minimum atomic E-state index is 0.637. The number of rotatable bonds is 7. The van der Waals surface area contributed by atoms with Crippen LogP contribution in [-0.2, 0) is 17.9 Å². The molecule has 0 spiro atoms. The molecule has 0 bridgehead atoms. The summed E-state index contributed by atoms with van der Waals surface area (Å²) in [5.41, 5.74) is 2.58. The smallest absolute Gasteiger partial charge is 0.0713 e. The summed E-state index contributed by atoms with van der Waals surface area (Å²) in [4.78, 5) is 2.61. The Balaban J connectivity index is 1.73. The highest BCUT2D eigenvalue weighted by Gasteiger charge is 2.15. The summed E-state index contributed by atoms with van der Waals surface area (Å²) in [7, 11) is 1.74. The van der Waals surface area contributed by atoms with Crippen molar-refractivity contribution in [1.29, 1.82) is 0 Å². The van der Waals surface area contributed by atoms with E-state index in [1.807, 2.05) is 0 Å². The Labute approximate surface area is 123 Å². The predicted molar refractivity (Wildman–Crippen MR) is 83.7 cm³/mol. The van der Waals surface area contributed by atoms with Crippen LogP contribution in [0.2, 0.25) is 0 Å². The molecule has 1 aromatic carbocycles. The van der Waals surface area contributed by atoms with E-state index in [0.717, 1.165) is 13.1 Å². The monoisotopic (exact) mass is 276 g/mol. The molecule has 0 aliphatic carbocycles. The Morgan fingerprint density at radius 3 is 2.70 bits per heavy atom. The van der Waals surface area contributed by atoms with Gasteiger partial charge in [0.2, 0.25) is 0 Å². The Bertz CT molecular complexity index is 388. The predicted octanol–water partition coefficient (Wildman–Crippen LogP) is 2.80. The van der Waals surface area contributed by atoms with Gasteiger partial charge in [-0.15, -0.1) is 0 Å². The molecule has 1 N–H and O–H groups in total. The molecule has 1 heterocycles. The van der Waals surface area contributed by atoms with Crippen LogP contribution in [0.4, 0.5) is 0 Å². The largest absolute Gasteiger partial charge is 0.380 e. The average Bonchev–Trinajstić information content (AvgIpc) is 2.49. The van der Waals surface area contributed by atoms with Crippen LogP contribution < -0.4 is 5.32 Å². The zero-order valence-corrected chi connectivity index (χ0v) is 12.9. The van der Waals surface area contributed by atoms with E-state index in [1.54, 1.807) is 7.11 Å². The summed E-state index contributed by atoms with van der Waals surface area (Å²) in [6.07, 6.45) is 4.13. The molecule has 1 atom stereocenters. The molecule has 0 aromatic heterocycles. The summed E-state index contributed by atoms with van der Waals surface area (Å²) >= 11 is 0. The van der Waals surface area contributed by atoms with Crippen LogP contribution in [0.3, 0.4) is 0 Å². The SMILES string of the molecule is COCc1cccc(CNCC(C)N2CCCCC2)c1. The molecule has 1 aliphatic heterocycles. The van der Waals surface area contributed by atoms with Crippen molar-refractivity contribution in [2.24, 2.45) is 0 Å². The lowest BCUT2D eigenvalue weighted by Gasteiger charge is -2.32. The van der Waals surface area contributed by atoms with Gasteiger partial charge in [-0.2, -0.15) is 0 Å². The van der Waals surface area contributed by atoms with E-state index in [-0.39, 0.29) is 0 Å². The van der Waals surface area contributed by atoms with Gasteiger partial charge in [0.1, 0.15) is 0 Å². The van der Waals surface area contributed by atoms with Crippen LogP contribution in [0.25, 0.3) is 0 Å². The van der Waals surface area contributed by atoms with E-state index in [0.29, 0.717) is 12.6 Å². The zero-order valence-electron chi connectivity index (χ0n) is 12.9. The van der Waals surface area contributed by atoms with Gasteiger partial charge in [0.25, 0.3) is 0 Å². The van der Waals surface area contributed by atoms with Crippen LogP contribution in [0.1, 0.15) is 37.3 Å². The molecule has 1 unspecified atom stereocenters. The van der Waals surface area contributed by atoms with E-state index in [9.17, 15) is 0 Å². The van der Waals surface area contributed by atoms with E-state index in [1.165, 1.54) is 43.5 Å². The summed E-state index contributed by atoms with van der Waals surface area (Å²) < 4.78 is 5.18. The van der Waals surface area contributed by atoms with Crippen LogP contribution in [-0.4, -0.2) is 37.7 Å². The highest BCUT2D eigenvalue weighted by atomic mass is 16.5. The molecule has 1 aromatic rings. The van der Waals surface area contributed by atoms with Crippen molar-refractivity contribution in [2.45, 2.75) is 45.4 Å². The number of piperidine rings is 1. The Morgan fingerprint density at radius 1 is 1.20 bits per heavy atom. The molecule has 0 radical (unpaired) electrons. The molecule has 1 saturated heterocycles. The fourth-order valence-corrected chi connectivity index (χ4v) is 2.91. The molecule has 112 valence electrons. The maximum absolute atomic E-state index is 5.18. The lowest BCUT2D eigenvalue weighted by Crippen LogP contribution is -2.42. The van der Waals surface area contributed by atoms with Crippen molar-refractivity contribution < 1.29 is 4.74 Å². The second kappa shape index (κ2) is 8.40. The summed E-state index contributed by atoms with van der Waals surface area (Å²) in [5.74, 6) is 0. The summed E-state index contributed by atoms with van der Waals surface area (Å²) in [6, 6.07) is 9.26. The Hall–Kier alpha value is -0.900. The zero-order chi connectivity index (χ0) is 14.2. The molecule has 0 saturated carbocycles. The molecule has 3 nitrogen and oxygen atoms in total. The first-order valence-electron chi connectivity index (χ1n) is 7.81. The molecule has 1 fully saturated rings. The molecule has 20 heavy (non-hydrogen) atoms. The van der Waals surface area contributed by atoms with Gasteiger partial charge in [-0.05, 0) is 44.0 Å². The topological polar surface area (TPSA) is 24.5 Å². The quantitative estimate of drug-likeness (QED) is 0.829. The van der Waals surface area contributed by atoms with Crippen molar-refractivity contribution in [2.75, 3.05) is 26.7 Å². The summed E-state index contributed by atoms with van der Waals surface area (Å²) in [5, 5.41) is 3.59. The third-order valence-corrected chi connectivity index (χ3v) is 4.09. The maximum Gasteiger partial charge on any atom is 0.0713 e. The number of hydrogen-bond donors (Lipinski definition) is 1. The minimum absolute atomic E-state index is 0.637. The molecular formula is C17H28N2O. The van der Waals surface area contributed by atoms with Gasteiger partial charge in [-0.1, -0.05) is 30.7 Å². The van der Waals surface area contributed by atoms with Gasteiger partial charge in [-0.25, -0.2) is 0 Å². The van der Waals surface area contributed by atoms with Crippen molar-refractivity contribution in [3.63, 3.8) is 0 Å². The molecule has 0 amide bonds.